The fraction of sp³-hybridized carbons (Fsp3) is 0.538. The van der Waals surface area contributed by atoms with Gasteiger partial charge in [-0.3, -0.25) is 0 Å². The summed E-state index contributed by atoms with van der Waals surface area (Å²) in [6.45, 7) is 5.20. The first kappa shape index (κ1) is 13.9. The molecular formula is C13H19F2NO. The highest BCUT2D eigenvalue weighted by Crippen LogP contribution is 2.29. The standard InChI is InChI=1S/C13H19F2NO/c1-12(2,3)16-9-13(14,15)10-5-7-11(17-4)8-6-10/h5-8,16H,9H2,1-4H3. The number of hydrogen-bond acceptors (Lipinski definition) is 2. The minimum absolute atomic E-state index is 0.00458. The SMILES string of the molecule is COc1ccc(C(F)(F)CNC(C)(C)C)cc1. The number of benzene rings is 1. The van der Waals surface area contributed by atoms with Gasteiger partial charge in [-0.15, -0.1) is 0 Å². The van der Waals surface area contributed by atoms with Crippen LogP contribution >= 0.6 is 0 Å². The van der Waals surface area contributed by atoms with Crippen molar-refractivity contribution in [3.8, 4) is 5.75 Å². The second-order valence-electron chi connectivity index (χ2n) is 5.04. The molecule has 0 aromatic heterocycles. The summed E-state index contributed by atoms with van der Waals surface area (Å²) in [5.74, 6) is -2.30. The highest BCUT2D eigenvalue weighted by atomic mass is 19.3. The van der Waals surface area contributed by atoms with Gasteiger partial charge in [0.2, 0.25) is 0 Å². The van der Waals surface area contributed by atoms with Gasteiger partial charge < -0.3 is 10.1 Å². The summed E-state index contributed by atoms with van der Waals surface area (Å²) in [5, 5.41) is 2.81. The molecule has 0 radical (unpaired) electrons. The summed E-state index contributed by atoms with van der Waals surface area (Å²) >= 11 is 0. The van der Waals surface area contributed by atoms with Crippen LogP contribution in [0.3, 0.4) is 0 Å². The predicted molar refractivity (Wildman–Crippen MR) is 64.6 cm³/mol. The third kappa shape index (κ3) is 4.30. The molecule has 0 fully saturated rings. The lowest BCUT2D eigenvalue weighted by Crippen LogP contribution is -2.42. The van der Waals surface area contributed by atoms with Crippen LogP contribution in [-0.4, -0.2) is 19.2 Å². The molecule has 0 saturated heterocycles. The third-order valence-electron chi connectivity index (χ3n) is 2.35. The van der Waals surface area contributed by atoms with Gasteiger partial charge in [-0.05, 0) is 45.0 Å². The molecular weight excluding hydrogens is 224 g/mol. The summed E-state index contributed by atoms with van der Waals surface area (Å²) < 4.78 is 32.6. The monoisotopic (exact) mass is 243 g/mol. The lowest BCUT2D eigenvalue weighted by atomic mass is 10.1. The molecule has 96 valence electrons. The molecule has 0 unspecified atom stereocenters. The zero-order valence-electron chi connectivity index (χ0n) is 10.7. The van der Waals surface area contributed by atoms with Crippen molar-refractivity contribution in [1.29, 1.82) is 0 Å². The van der Waals surface area contributed by atoms with Crippen LogP contribution in [0.5, 0.6) is 5.75 Å². The third-order valence-corrected chi connectivity index (χ3v) is 2.35. The van der Waals surface area contributed by atoms with Crippen molar-refractivity contribution >= 4 is 0 Å². The van der Waals surface area contributed by atoms with E-state index in [2.05, 4.69) is 5.32 Å². The average molecular weight is 243 g/mol. The molecule has 1 rings (SSSR count). The smallest absolute Gasteiger partial charge is 0.285 e. The van der Waals surface area contributed by atoms with Gasteiger partial charge in [-0.1, -0.05) is 0 Å². The van der Waals surface area contributed by atoms with E-state index < -0.39 is 5.92 Å². The van der Waals surface area contributed by atoms with Crippen LogP contribution < -0.4 is 10.1 Å². The van der Waals surface area contributed by atoms with Gasteiger partial charge in [0.15, 0.2) is 0 Å². The number of hydrogen-bond donors (Lipinski definition) is 1. The molecule has 0 aliphatic heterocycles. The first-order valence-electron chi connectivity index (χ1n) is 5.52. The number of halogens is 2. The number of nitrogens with one attached hydrogen (secondary N) is 1. The van der Waals surface area contributed by atoms with E-state index in [-0.39, 0.29) is 17.6 Å². The van der Waals surface area contributed by atoms with Crippen molar-refractivity contribution in [3.05, 3.63) is 29.8 Å². The molecule has 0 spiro atoms. The largest absolute Gasteiger partial charge is 0.497 e. The van der Waals surface area contributed by atoms with Crippen LogP contribution in [0.1, 0.15) is 26.3 Å². The summed E-state index contributed by atoms with van der Waals surface area (Å²) in [6, 6.07) is 5.87. The summed E-state index contributed by atoms with van der Waals surface area (Å²) in [7, 11) is 1.51. The zero-order valence-corrected chi connectivity index (χ0v) is 10.7. The van der Waals surface area contributed by atoms with Crippen molar-refractivity contribution in [2.45, 2.75) is 32.2 Å². The summed E-state index contributed by atoms with van der Waals surface area (Å²) in [5.41, 5.74) is -0.328. The highest BCUT2D eigenvalue weighted by Gasteiger charge is 2.32. The Morgan fingerprint density at radius 3 is 2.06 bits per heavy atom. The van der Waals surface area contributed by atoms with Crippen molar-refractivity contribution < 1.29 is 13.5 Å². The number of alkyl halides is 2. The van der Waals surface area contributed by atoms with Gasteiger partial charge in [-0.25, -0.2) is 0 Å². The highest BCUT2D eigenvalue weighted by molar-refractivity contribution is 5.29. The maximum Gasteiger partial charge on any atom is 0.285 e. The van der Waals surface area contributed by atoms with Gasteiger partial charge >= 0.3 is 0 Å². The van der Waals surface area contributed by atoms with E-state index in [1.54, 1.807) is 12.1 Å². The normalized spacial score (nSPS) is 12.6. The minimum Gasteiger partial charge on any atom is -0.497 e. The molecule has 17 heavy (non-hydrogen) atoms. The minimum atomic E-state index is -2.88. The Morgan fingerprint density at radius 1 is 1.12 bits per heavy atom. The van der Waals surface area contributed by atoms with Crippen molar-refractivity contribution in [2.75, 3.05) is 13.7 Å². The fourth-order valence-electron chi connectivity index (χ4n) is 1.31. The molecule has 0 aliphatic rings. The molecule has 0 saturated carbocycles. The van der Waals surface area contributed by atoms with E-state index in [0.29, 0.717) is 5.75 Å². The molecule has 0 atom stereocenters. The number of ether oxygens (including phenoxy) is 1. The van der Waals surface area contributed by atoms with Crippen molar-refractivity contribution in [2.24, 2.45) is 0 Å². The molecule has 0 amide bonds. The topological polar surface area (TPSA) is 21.3 Å². The van der Waals surface area contributed by atoms with Gasteiger partial charge in [0.1, 0.15) is 5.75 Å². The van der Waals surface area contributed by atoms with E-state index in [9.17, 15) is 8.78 Å². The van der Waals surface area contributed by atoms with E-state index in [1.807, 2.05) is 20.8 Å². The second kappa shape index (κ2) is 5.00. The van der Waals surface area contributed by atoms with Crippen molar-refractivity contribution in [3.63, 3.8) is 0 Å². The van der Waals surface area contributed by atoms with Crippen LogP contribution in [0.15, 0.2) is 24.3 Å². The lowest BCUT2D eigenvalue weighted by Gasteiger charge is -2.25. The Labute approximate surface area is 101 Å². The maximum atomic E-state index is 13.8. The maximum absolute atomic E-state index is 13.8. The van der Waals surface area contributed by atoms with Crippen LogP contribution in [0, 0.1) is 0 Å². The zero-order chi connectivity index (χ0) is 13.1. The van der Waals surface area contributed by atoms with E-state index >= 15 is 0 Å². The first-order chi connectivity index (χ1) is 7.74. The van der Waals surface area contributed by atoms with E-state index in [0.717, 1.165) is 0 Å². The predicted octanol–water partition coefficient (Wildman–Crippen LogP) is 3.18. The second-order valence-corrected chi connectivity index (χ2v) is 5.04. The molecule has 1 aromatic rings. The average Bonchev–Trinajstić information content (AvgIpc) is 2.26. The summed E-state index contributed by atoms with van der Waals surface area (Å²) in [4.78, 5) is 0. The fourth-order valence-corrected chi connectivity index (χ4v) is 1.31. The molecule has 1 aromatic carbocycles. The van der Waals surface area contributed by atoms with Crippen LogP contribution in [-0.2, 0) is 5.92 Å². The number of rotatable bonds is 4. The van der Waals surface area contributed by atoms with E-state index in [1.165, 1.54) is 19.2 Å². The molecule has 4 heteroatoms. The van der Waals surface area contributed by atoms with Crippen LogP contribution in [0.25, 0.3) is 0 Å². The number of methoxy groups -OCH3 is 1. The molecule has 0 bridgehead atoms. The van der Waals surface area contributed by atoms with Crippen molar-refractivity contribution in [1.82, 2.24) is 5.32 Å². The Morgan fingerprint density at radius 2 is 1.65 bits per heavy atom. The first-order valence-corrected chi connectivity index (χ1v) is 5.52. The molecule has 0 aliphatic carbocycles. The van der Waals surface area contributed by atoms with Gasteiger partial charge in [0.05, 0.1) is 13.7 Å². The van der Waals surface area contributed by atoms with Gasteiger partial charge in [-0.2, -0.15) is 8.78 Å². The Balaban J connectivity index is 2.74. The van der Waals surface area contributed by atoms with Gasteiger partial charge in [0.25, 0.3) is 5.92 Å². The molecule has 2 nitrogen and oxygen atoms in total. The molecule has 1 N–H and O–H groups in total. The Hall–Kier alpha value is -1.16. The lowest BCUT2D eigenvalue weighted by molar-refractivity contribution is -0.00863. The van der Waals surface area contributed by atoms with E-state index in [4.69, 9.17) is 4.74 Å². The quantitative estimate of drug-likeness (QED) is 0.877. The summed E-state index contributed by atoms with van der Waals surface area (Å²) in [6.07, 6.45) is 0. The Kier molecular flexibility index (Phi) is 4.09. The van der Waals surface area contributed by atoms with Crippen LogP contribution in [0.2, 0.25) is 0 Å². The Bertz CT molecular complexity index is 355. The molecule has 0 heterocycles. The van der Waals surface area contributed by atoms with Gasteiger partial charge in [0, 0.05) is 11.1 Å². The van der Waals surface area contributed by atoms with Crippen LogP contribution in [0.4, 0.5) is 8.78 Å².